The molecule has 3 heterocycles. The highest BCUT2D eigenvalue weighted by Gasteiger charge is 2.54. The van der Waals surface area contributed by atoms with Crippen molar-refractivity contribution in [2.45, 2.75) is 56.6 Å². The quantitative estimate of drug-likeness (QED) is 0.836. The maximum atomic E-state index is 12.7. The van der Waals surface area contributed by atoms with E-state index >= 15 is 0 Å². The molecule has 2 amide bonds. The summed E-state index contributed by atoms with van der Waals surface area (Å²) in [6.07, 6.45) is 3.85. The smallest absolute Gasteiger partial charge is 0.251 e. The molecule has 0 aliphatic carbocycles. The van der Waals surface area contributed by atoms with Crippen LogP contribution in [0.5, 0.6) is 0 Å². The number of likely N-dealkylation sites (N-methyl/N-ethyl adjacent to an activating group) is 1. The summed E-state index contributed by atoms with van der Waals surface area (Å²) in [5.41, 5.74) is 1.09. The Kier molecular flexibility index (Phi) is 4.74. The van der Waals surface area contributed by atoms with Gasteiger partial charge in [-0.15, -0.1) is 0 Å². The summed E-state index contributed by atoms with van der Waals surface area (Å²) in [7, 11) is 0. The van der Waals surface area contributed by atoms with Gasteiger partial charge in [-0.3, -0.25) is 9.59 Å². The Morgan fingerprint density at radius 3 is 2.58 bits per heavy atom. The number of carbonyl (C=O) groups excluding carboxylic acids is 2. The van der Waals surface area contributed by atoms with Crippen LogP contribution in [0.4, 0.5) is 0 Å². The first kappa shape index (κ1) is 17.5. The Bertz CT molecular complexity index is 661. The standard InChI is InChI=1S/C21H28N2O3/c1-2-23-19(24)15-17(16-7-4-3-5-8-16)21(23)10-12-22(13-11-21)20(25)18-9-6-14-26-18/h3-5,7-8,17-18H,2,6,9-15H2,1H3/t17-,18-/m1/s1. The number of nitrogens with zero attached hydrogens (tertiary/aromatic N) is 2. The van der Waals surface area contributed by atoms with Gasteiger partial charge in [0.05, 0.1) is 5.54 Å². The number of hydrogen-bond acceptors (Lipinski definition) is 3. The van der Waals surface area contributed by atoms with Crippen molar-refractivity contribution in [3.8, 4) is 0 Å². The normalized spacial score (nSPS) is 28.1. The average Bonchev–Trinajstić information content (AvgIpc) is 3.30. The SMILES string of the molecule is CCN1C(=O)C[C@H](c2ccccc2)C12CCN(C(=O)[C@H]1CCCO1)CC2. The summed E-state index contributed by atoms with van der Waals surface area (Å²) in [5.74, 6) is 0.609. The molecule has 0 unspecified atom stereocenters. The van der Waals surface area contributed by atoms with E-state index in [4.69, 9.17) is 4.74 Å². The maximum absolute atomic E-state index is 12.7. The molecule has 140 valence electrons. The fourth-order valence-corrected chi connectivity index (χ4v) is 5.22. The molecule has 3 aliphatic heterocycles. The molecule has 0 radical (unpaired) electrons. The van der Waals surface area contributed by atoms with Crippen molar-refractivity contribution in [2.24, 2.45) is 0 Å². The number of carbonyl (C=O) groups is 2. The summed E-state index contributed by atoms with van der Waals surface area (Å²) < 4.78 is 5.58. The van der Waals surface area contributed by atoms with Gasteiger partial charge in [0.1, 0.15) is 6.10 Å². The number of ether oxygens (including phenoxy) is 1. The molecule has 3 fully saturated rings. The van der Waals surface area contributed by atoms with Crippen molar-refractivity contribution in [3.05, 3.63) is 35.9 Å². The maximum Gasteiger partial charge on any atom is 0.251 e. The fraction of sp³-hybridized carbons (Fsp3) is 0.619. The highest BCUT2D eigenvalue weighted by atomic mass is 16.5. The first-order chi connectivity index (χ1) is 12.7. The lowest BCUT2D eigenvalue weighted by molar-refractivity contribution is -0.144. The van der Waals surface area contributed by atoms with Crippen LogP contribution in [0, 0.1) is 0 Å². The largest absolute Gasteiger partial charge is 0.368 e. The van der Waals surface area contributed by atoms with Crippen molar-refractivity contribution >= 4 is 11.8 Å². The highest BCUT2D eigenvalue weighted by Crippen LogP contribution is 2.48. The second-order valence-electron chi connectivity index (χ2n) is 7.74. The van der Waals surface area contributed by atoms with Crippen molar-refractivity contribution in [3.63, 3.8) is 0 Å². The highest BCUT2D eigenvalue weighted by molar-refractivity contribution is 5.83. The second-order valence-corrected chi connectivity index (χ2v) is 7.74. The Morgan fingerprint density at radius 2 is 1.96 bits per heavy atom. The Labute approximate surface area is 155 Å². The summed E-state index contributed by atoms with van der Waals surface area (Å²) >= 11 is 0. The zero-order valence-corrected chi connectivity index (χ0v) is 15.5. The third-order valence-corrected chi connectivity index (χ3v) is 6.53. The minimum absolute atomic E-state index is 0.140. The van der Waals surface area contributed by atoms with Gasteiger partial charge in [-0.2, -0.15) is 0 Å². The first-order valence-electron chi connectivity index (χ1n) is 9.91. The van der Waals surface area contributed by atoms with Crippen molar-refractivity contribution < 1.29 is 14.3 Å². The molecule has 5 nitrogen and oxygen atoms in total. The molecule has 3 aliphatic rings. The number of amides is 2. The molecular formula is C21H28N2O3. The van der Waals surface area contributed by atoms with Crippen LogP contribution in [-0.2, 0) is 14.3 Å². The summed E-state index contributed by atoms with van der Waals surface area (Å²) in [4.78, 5) is 29.4. The van der Waals surface area contributed by atoms with E-state index in [1.165, 1.54) is 5.56 Å². The molecule has 2 atom stereocenters. The number of hydrogen-bond donors (Lipinski definition) is 0. The topological polar surface area (TPSA) is 49.9 Å². The molecule has 5 heteroatoms. The van der Waals surface area contributed by atoms with Gasteiger partial charge >= 0.3 is 0 Å². The van der Waals surface area contributed by atoms with Crippen LogP contribution in [0.25, 0.3) is 0 Å². The van der Waals surface area contributed by atoms with Crippen LogP contribution in [0.1, 0.15) is 50.5 Å². The van der Waals surface area contributed by atoms with E-state index in [0.29, 0.717) is 26.1 Å². The number of rotatable bonds is 3. The molecule has 1 aromatic carbocycles. The van der Waals surface area contributed by atoms with Crippen molar-refractivity contribution in [1.82, 2.24) is 9.80 Å². The van der Waals surface area contributed by atoms with E-state index in [1.54, 1.807) is 0 Å². The number of benzene rings is 1. The lowest BCUT2D eigenvalue weighted by atomic mass is 9.73. The zero-order chi connectivity index (χ0) is 18.1. The molecule has 1 spiro atoms. The van der Waals surface area contributed by atoms with Crippen molar-refractivity contribution in [1.29, 1.82) is 0 Å². The molecule has 0 N–H and O–H groups in total. The van der Waals surface area contributed by atoms with E-state index in [-0.39, 0.29) is 29.4 Å². The molecule has 0 saturated carbocycles. The van der Waals surface area contributed by atoms with Gasteiger partial charge in [0.25, 0.3) is 5.91 Å². The number of piperidine rings is 1. The van der Waals surface area contributed by atoms with Gasteiger partial charge in [-0.05, 0) is 38.2 Å². The van der Waals surface area contributed by atoms with E-state index in [0.717, 1.165) is 32.2 Å². The third-order valence-electron chi connectivity index (χ3n) is 6.53. The summed E-state index contributed by atoms with van der Waals surface area (Å²) in [5, 5.41) is 0. The first-order valence-corrected chi connectivity index (χ1v) is 9.91. The van der Waals surface area contributed by atoms with E-state index in [9.17, 15) is 9.59 Å². The van der Waals surface area contributed by atoms with Gasteiger partial charge < -0.3 is 14.5 Å². The molecule has 4 rings (SSSR count). The van der Waals surface area contributed by atoms with E-state index < -0.39 is 0 Å². The van der Waals surface area contributed by atoms with Gasteiger partial charge in [-0.1, -0.05) is 30.3 Å². The predicted molar refractivity (Wildman–Crippen MR) is 98.7 cm³/mol. The summed E-state index contributed by atoms with van der Waals surface area (Å²) in [6.45, 7) is 4.93. The molecular weight excluding hydrogens is 328 g/mol. The minimum Gasteiger partial charge on any atom is -0.368 e. The minimum atomic E-state index is -0.249. The lowest BCUT2D eigenvalue weighted by Crippen LogP contribution is -2.57. The van der Waals surface area contributed by atoms with Crippen LogP contribution < -0.4 is 0 Å². The van der Waals surface area contributed by atoms with Crippen LogP contribution in [-0.4, -0.2) is 59.5 Å². The number of likely N-dealkylation sites (tertiary alicyclic amines) is 2. The Morgan fingerprint density at radius 1 is 1.23 bits per heavy atom. The predicted octanol–water partition coefficient (Wildman–Crippen LogP) is 2.56. The molecule has 0 bridgehead atoms. The van der Waals surface area contributed by atoms with Crippen LogP contribution in [0.2, 0.25) is 0 Å². The average molecular weight is 356 g/mol. The molecule has 1 aromatic rings. The third kappa shape index (κ3) is 2.82. The zero-order valence-electron chi connectivity index (χ0n) is 15.5. The molecule has 0 aromatic heterocycles. The lowest BCUT2D eigenvalue weighted by Gasteiger charge is -2.48. The van der Waals surface area contributed by atoms with E-state index in [2.05, 4.69) is 36.1 Å². The summed E-state index contributed by atoms with van der Waals surface area (Å²) in [6, 6.07) is 10.4. The van der Waals surface area contributed by atoms with Crippen molar-refractivity contribution in [2.75, 3.05) is 26.2 Å². The van der Waals surface area contributed by atoms with E-state index in [1.807, 2.05) is 11.0 Å². The van der Waals surface area contributed by atoms with Gasteiger partial charge in [0.15, 0.2) is 0 Å². The fourth-order valence-electron chi connectivity index (χ4n) is 5.22. The van der Waals surface area contributed by atoms with Gasteiger partial charge in [-0.25, -0.2) is 0 Å². The second kappa shape index (κ2) is 7.03. The van der Waals surface area contributed by atoms with Crippen LogP contribution in [0.3, 0.4) is 0 Å². The Balaban J connectivity index is 1.55. The Hall–Kier alpha value is -1.88. The van der Waals surface area contributed by atoms with Gasteiger partial charge in [0.2, 0.25) is 5.91 Å². The molecule has 26 heavy (non-hydrogen) atoms. The molecule has 3 saturated heterocycles. The monoisotopic (exact) mass is 356 g/mol. The van der Waals surface area contributed by atoms with Crippen LogP contribution >= 0.6 is 0 Å². The van der Waals surface area contributed by atoms with Crippen LogP contribution in [0.15, 0.2) is 30.3 Å². The van der Waals surface area contributed by atoms with Gasteiger partial charge in [0, 0.05) is 38.6 Å².